The Morgan fingerprint density at radius 2 is 1.67 bits per heavy atom. The van der Waals surface area contributed by atoms with Crippen LogP contribution in [0, 0.1) is 0 Å². The van der Waals surface area contributed by atoms with Crippen molar-refractivity contribution in [2.75, 3.05) is 39.5 Å². The normalized spacial score (nSPS) is 43.9. The van der Waals surface area contributed by atoms with Crippen LogP contribution in [-0.2, 0) is 13.3 Å². The molecule has 3 aliphatic rings. The van der Waals surface area contributed by atoms with E-state index in [1.807, 2.05) is 0 Å². The fourth-order valence-corrected chi connectivity index (χ4v) is 9.86. The van der Waals surface area contributed by atoms with Crippen LogP contribution in [0.3, 0.4) is 0 Å². The average molecular weight is 231 g/mol. The van der Waals surface area contributed by atoms with Gasteiger partial charge in [0.1, 0.15) is 0 Å². The van der Waals surface area contributed by atoms with E-state index in [9.17, 15) is 0 Å². The minimum absolute atomic E-state index is 0.841. The van der Waals surface area contributed by atoms with Gasteiger partial charge in [-0.2, -0.15) is 0 Å². The van der Waals surface area contributed by atoms with Crippen LogP contribution in [0.2, 0.25) is 6.04 Å². The molecule has 0 spiro atoms. The van der Waals surface area contributed by atoms with E-state index in [1.54, 1.807) is 0 Å². The summed E-state index contributed by atoms with van der Waals surface area (Å²) in [6.45, 7) is 8.18. The van der Waals surface area contributed by atoms with Crippen LogP contribution in [0.4, 0.5) is 0 Å². The summed E-state index contributed by atoms with van der Waals surface area (Å²) in [7, 11) is -3.01. The Balaban J connectivity index is 2.07. The fraction of sp³-hybridized carbons (Fsp3) is 1.00. The van der Waals surface area contributed by atoms with E-state index in [-0.39, 0.29) is 0 Å². The molecule has 0 aromatic heterocycles. The van der Waals surface area contributed by atoms with E-state index in [0.29, 0.717) is 0 Å². The Kier molecular flexibility index (Phi) is 2.08. The second kappa shape index (κ2) is 3.04. The third kappa shape index (κ3) is 1.01. The summed E-state index contributed by atoms with van der Waals surface area (Å²) < 4.78 is 19.6. The molecule has 3 aliphatic heterocycles. The van der Waals surface area contributed by atoms with Crippen LogP contribution in [0.1, 0.15) is 19.8 Å². The van der Waals surface area contributed by atoms with E-state index >= 15 is 0 Å². The van der Waals surface area contributed by atoms with Crippen LogP contribution < -0.4 is 0 Å². The van der Waals surface area contributed by atoms with Gasteiger partial charge in [-0.15, -0.1) is 0 Å². The molecule has 0 aromatic carbocycles. The molecule has 3 heterocycles. The Morgan fingerprint density at radius 3 is 2.33 bits per heavy atom. The van der Waals surface area contributed by atoms with Gasteiger partial charge in [-0.05, 0) is 0 Å². The molecular formula is C10H21NO3Si. The number of hydrogen-bond donors (Lipinski definition) is 0. The molecule has 0 amide bonds. The monoisotopic (exact) mass is 231 g/mol. The molecule has 3 saturated heterocycles. The van der Waals surface area contributed by atoms with E-state index in [2.05, 4.69) is 6.92 Å². The van der Waals surface area contributed by atoms with Crippen molar-refractivity contribution in [2.24, 2.45) is 0 Å². The second-order valence-corrected chi connectivity index (χ2v) is 9.62. The standard InChI is InChI=1S/C10H21NO3Si/c1-2-10-15-11(5-8-13-15,6-9-14-15)4-3-7-12-15/h2-10H2,1H3. The summed E-state index contributed by atoms with van der Waals surface area (Å²) in [4.78, 5) is 0. The molecule has 88 valence electrons. The molecule has 0 atom stereocenters. The van der Waals surface area contributed by atoms with Gasteiger partial charge < -0.3 is 0 Å². The third-order valence-electron chi connectivity index (χ3n) is 4.51. The van der Waals surface area contributed by atoms with Crippen molar-refractivity contribution in [3.63, 3.8) is 0 Å². The van der Waals surface area contributed by atoms with Crippen molar-refractivity contribution in [3.05, 3.63) is 0 Å². The molecular weight excluding hydrogens is 210 g/mol. The van der Waals surface area contributed by atoms with Crippen molar-refractivity contribution >= 4 is 8.24 Å². The number of nitrogens with zero attached hydrogens (tertiary/aromatic N) is 1. The summed E-state index contributed by atoms with van der Waals surface area (Å²) in [6, 6.07) is 1.01. The maximum absolute atomic E-state index is 6.21. The summed E-state index contributed by atoms with van der Waals surface area (Å²) in [5.41, 5.74) is 0. The Morgan fingerprint density at radius 1 is 1.00 bits per heavy atom. The van der Waals surface area contributed by atoms with Gasteiger partial charge >= 0.3 is 90.9 Å². The Bertz CT molecular complexity index is 268. The first-order valence-corrected chi connectivity index (χ1v) is 8.59. The first kappa shape index (κ1) is 10.2. The number of rotatable bonds is 2. The molecule has 3 fully saturated rings. The van der Waals surface area contributed by atoms with Crippen LogP contribution in [0.25, 0.3) is 0 Å². The van der Waals surface area contributed by atoms with Gasteiger partial charge in [0, 0.05) is 0 Å². The third-order valence-corrected chi connectivity index (χ3v) is 10.7. The molecule has 0 aromatic rings. The van der Waals surface area contributed by atoms with Crippen LogP contribution in [-0.4, -0.2) is 51.8 Å². The van der Waals surface area contributed by atoms with Gasteiger partial charge in [0.05, 0.1) is 0 Å². The second-order valence-electron chi connectivity index (χ2n) is 5.08. The van der Waals surface area contributed by atoms with Gasteiger partial charge in [0.2, 0.25) is 0 Å². The molecule has 15 heavy (non-hydrogen) atoms. The Hall–Kier alpha value is 0.0569. The summed E-state index contributed by atoms with van der Waals surface area (Å²) in [5, 5.41) is 0. The number of hydrogen-bond acceptors (Lipinski definition) is 3. The fourth-order valence-electron chi connectivity index (χ4n) is 3.87. The van der Waals surface area contributed by atoms with Gasteiger partial charge in [-0.3, -0.25) is 0 Å². The van der Waals surface area contributed by atoms with E-state index in [1.165, 1.54) is 13.0 Å². The summed E-state index contributed by atoms with van der Waals surface area (Å²) >= 11 is 0. The van der Waals surface area contributed by atoms with Crippen molar-refractivity contribution in [1.29, 1.82) is 0 Å². The van der Waals surface area contributed by atoms with Gasteiger partial charge in [-0.25, -0.2) is 0 Å². The van der Waals surface area contributed by atoms with Gasteiger partial charge in [0.25, 0.3) is 0 Å². The van der Waals surface area contributed by atoms with Crippen LogP contribution >= 0.6 is 0 Å². The molecule has 0 N–H and O–H groups in total. The minimum atomic E-state index is -3.01. The van der Waals surface area contributed by atoms with Gasteiger partial charge in [-0.1, -0.05) is 0 Å². The average Bonchev–Trinajstić information content (AvgIpc) is 2.69. The van der Waals surface area contributed by atoms with E-state index < -0.39 is 8.24 Å². The maximum atomic E-state index is 6.21. The molecule has 5 heteroatoms. The van der Waals surface area contributed by atoms with Crippen LogP contribution in [0.15, 0.2) is 0 Å². The molecule has 0 aliphatic carbocycles. The summed E-state index contributed by atoms with van der Waals surface area (Å²) in [5.74, 6) is 0. The summed E-state index contributed by atoms with van der Waals surface area (Å²) in [6.07, 6.45) is 2.27. The topological polar surface area (TPSA) is 27.7 Å². The molecule has 0 unspecified atom stereocenters. The van der Waals surface area contributed by atoms with E-state index in [4.69, 9.17) is 13.3 Å². The zero-order valence-electron chi connectivity index (χ0n) is 9.54. The molecule has 0 radical (unpaired) electrons. The van der Waals surface area contributed by atoms with E-state index in [0.717, 1.165) is 49.5 Å². The zero-order valence-corrected chi connectivity index (χ0v) is 10.5. The molecule has 3 rings (SSSR count). The molecule has 0 bridgehead atoms. The first-order chi connectivity index (χ1) is 7.26. The SMILES string of the molecule is CCC[Si-]123OCCC[N+]1(CCO2)CCO3. The van der Waals surface area contributed by atoms with Crippen molar-refractivity contribution < 1.29 is 17.4 Å². The first-order valence-electron chi connectivity index (χ1n) is 6.21. The van der Waals surface area contributed by atoms with Crippen molar-refractivity contribution in [3.8, 4) is 0 Å². The van der Waals surface area contributed by atoms with Crippen molar-refractivity contribution in [1.82, 2.24) is 0 Å². The quantitative estimate of drug-likeness (QED) is 0.666. The molecule has 4 nitrogen and oxygen atoms in total. The zero-order chi connectivity index (χ0) is 10.4. The Labute approximate surface area is 91.6 Å². The molecule has 0 saturated carbocycles. The van der Waals surface area contributed by atoms with Crippen LogP contribution in [0.5, 0.6) is 0 Å². The number of quaternary nitrogens is 1. The van der Waals surface area contributed by atoms with Gasteiger partial charge in [0.15, 0.2) is 0 Å². The van der Waals surface area contributed by atoms with Crippen molar-refractivity contribution in [2.45, 2.75) is 25.8 Å². The predicted octanol–water partition coefficient (Wildman–Crippen LogP) is 1.08. The predicted molar refractivity (Wildman–Crippen MR) is 58.2 cm³/mol.